The molecule has 0 spiro atoms. The Morgan fingerprint density at radius 2 is 2.00 bits per heavy atom. The van der Waals surface area contributed by atoms with E-state index in [9.17, 15) is 14.4 Å². The van der Waals surface area contributed by atoms with Gasteiger partial charge < -0.3 is 34.9 Å². The number of carbonyl (C=O) groups excluding carboxylic acids is 3. The summed E-state index contributed by atoms with van der Waals surface area (Å²) in [5.74, 6) is 1.41. The predicted molar refractivity (Wildman–Crippen MR) is 160 cm³/mol. The molecule has 1 atom stereocenters. The van der Waals surface area contributed by atoms with Crippen molar-refractivity contribution in [3.63, 3.8) is 0 Å². The minimum Gasteiger partial charge on any atom is -0.490 e. The summed E-state index contributed by atoms with van der Waals surface area (Å²) in [7, 11) is 0. The SMILES string of the molecule is CC(C)(C)OC(=O)NCCOc1cncc(-c2ccnc(CNCC[C@H]3CN(c4ccc5c(n4)NC(=O)CO5)C(=O)O3)c2)c1. The molecular formula is C30H35N7O7. The average molecular weight is 606 g/mol. The van der Waals surface area contributed by atoms with E-state index in [1.807, 2.05) is 18.2 Å². The summed E-state index contributed by atoms with van der Waals surface area (Å²) in [5.41, 5.74) is 2.07. The van der Waals surface area contributed by atoms with Crippen LogP contribution in [0.1, 0.15) is 32.9 Å². The Balaban J connectivity index is 1.06. The largest absolute Gasteiger partial charge is 0.490 e. The zero-order chi connectivity index (χ0) is 31.1. The number of cyclic esters (lactones) is 1. The van der Waals surface area contributed by atoms with Crippen molar-refractivity contribution in [3.8, 4) is 22.6 Å². The molecule has 2 aliphatic heterocycles. The Morgan fingerprint density at radius 1 is 1.14 bits per heavy atom. The van der Waals surface area contributed by atoms with Gasteiger partial charge in [0.2, 0.25) is 0 Å². The maximum Gasteiger partial charge on any atom is 0.415 e. The minimum atomic E-state index is -0.560. The molecule has 14 heteroatoms. The first-order valence-electron chi connectivity index (χ1n) is 14.3. The van der Waals surface area contributed by atoms with Crippen molar-refractivity contribution >= 4 is 29.7 Å². The topological polar surface area (TPSA) is 166 Å². The van der Waals surface area contributed by atoms with Crippen LogP contribution < -0.4 is 30.3 Å². The monoisotopic (exact) mass is 605 g/mol. The van der Waals surface area contributed by atoms with E-state index in [2.05, 4.69) is 30.9 Å². The normalized spacial score (nSPS) is 16.0. The zero-order valence-corrected chi connectivity index (χ0v) is 24.8. The Hall–Kier alpha value is -4.98. The molecule has 1 fully saturated rings. The lowest BCUT2D eigenvalue weighted by atomic mass is 10.1. The van der Waals surface area contributed by atoms with Gasteiger partial charge in [-0.1, -0.05) is 0 Å². The van der Waals surface area contributed by atoms with Gasteiger partial charge in [-0.3, -0.25) is 19.7 Å². The standard InChI is InChI=1S/C30H35N7O7/c1-30(2,3)44-28(39)34-10-11-41-23-13-20(14-32-16-23)19-6-9-33-21(12-19)15-31-8-7-22-17-37(29(40)43-22)25-5-4-24-27(35-25)36-26(38)18-42-24/h4-6,9,12-14,16,22,31H,7-8,10-11,15,17-18H2,1-3H3,(H,34,39)(H,35,36,38)/t22-/m0/s1. The molecule has 1 saturated heterocycles. The number of hydrogen-bond donors (Lipinski definition) is 3. The molecule has 0 bridgehead atoms. The van der Waals surface area contributed by atoms with E-state index in [4.69, 9.17) is 18.9 Å². The molecule has 5 heterocycles. The third-order valence-corrected chi connectivity index (χ3v) is 6.46. The fraction of sp³-hybridized carbons (Fsp3) is 0.400. The molecule has 2 aliphatic rings. The van der Waals surface area contributed by atoms with Crippen LogP contribution in [-0.4, -0.2) is 77.6 Å². The molecule has 14 nitrogen and oxygen atoms in total. The summed E-state index contributed by atoms with van der Waals surface area (Å²) in [6, 6.07) is 9.09. The number of pyridine rings is 3. The maximum absolute atomic E-state index is 12.5. The van der Waals surface area contributed by atoms with E-state index in [1.165, 1.54) is 4.90 Å². The minimum absolute atomic E-state index is 0.0635. The van der Waals surface area contributed by atoms with Crippen molar-refractivity contribution in [2.24, 2.45) is 0 Å². The van der Waals surface area contributed by atoms with Gasteiger partial charge in [0, 0.05) is 24.5 Å². The molecule has 0 saturated carbocycles. The van der Waals surface area contributed by atoms with Gasteiger partial charge in [-0.2, -0.15) is 0 Å². The second kappa shape index (κ2) is 13.5. The van der Waals surface area contributed by atoms with E-state index in [0.717, 1.165) is 16.8 Å². The first-order valence-corrected chi connectivity index (χ1v) is 14.3. The molecule has 0 aromatic carbocycles. The Labute approximate surface area is 254 Å². The maximum atomic E-state index is 12.5. The van der Waals surface area contributed by atoms with E-state index < -0.39 is 17.8 Å². The lowest BCUT2D eigenvalue weighted by Gasteiger charge is -2.19. The van der Waals surface area contributed by atoms with E-state index in [-0.39, 0.29) is 31.0 Å². The fourth-order valence-corrected chi connectivity index (χ4v) is 4.49. The number of anilines is 2. The Bertz CT molecular complexity index is 1510. The summed E-state index contributed by atoms with van der Waals surface area (Å²) < 4.78 is 21.8. The van der Waals surface area contributed by atoms with Gasteiger partial charge in [-0.15, -0.1) is 0 Å². The number of carbonyl (C=O) groups is 3. The number of rotatable bonds is 11. The number of fused-ring (bicyclic) bond motifs is 1. The number of nitrogens with zero attached hydrogens (tertiary/aromatic N) is 4. The van der Waals surface area contributed by atoms with Crippen molar-refractivity contribution in [1.82, 2.24) is 25.6 Å². The van der Waals surface area contributed by atoms with Crippen LogP contribution >= 0.6 is 0 Å². The van der Waals surface area contributed by atoms with Crippen LogP contribution in [0.2, 0.25) is 0 Å². The first-order chi connectivity index (χ1) is 21.1. The van der Waals surface area contributed by atoms with Crippen molar-refractivity contribution in [2.75, 3.05) is 43.1 Å². The second-order valence-electron chi connectivity index (χ2n) is 11.2. The van der Waals surface area contributed by atoms with Crippen LogP contribution in [0.5, 0.6) is 11.5 Å². The predicted octanol–water partition coefficient (Wildman–Crippen LogP) is 3.28. The van der Waals surface area contributed by atoms with Crippen LogP contribution in [0.15, 0.2) is 48.9 Å². The molecule has 232 valence electrons. The molecule has 44 heavy (non-hydrogen) atoms. The van der Waals surface area contributed by atoms with Gasteiger partial charge in [0.25, 0.3) is 5.91 Å². The van der Waals surface area contributed by atoms with Crippen LogP contribution in [-0.2, 0) is 20.8 Å². The number of aromatic nitrogens is 3. The molecule has 3 amide bonds. The molecular weight excluding hydrogens is 570 g/mol. The Kier molecular flexibility index (Phi) is 9.38. The quantitative estimate of drug-likeness (QED) is 0.275. The van der Waals surface area contributed by atoms with Crippen LogP contribution in [0.3, 0.4) is 0 Å². The van der Waals surface area contributed by atoms with Gasteiger partial charge in [-0.25, -0.2) is 14.6 Å². The van der Waals surface area contributed by atoms with Gasteiger partial charge in [0.1, 0.15) is 29.9 Å². The molecule has 0 unspecified atom stereocenters. The van der Waals surface area contributed by atoms with Crippen LogP contribution in [0.25, 0.3) is 11.1 Å². The van der Waals surface area contributed by atoms with Gasteiger partial charge in [0.15, 0.2) is 18.2 Å². The molecule has 0 aliphatic carbocycles. The lowest BCUT2D eigenvalue weighted by molar-refractivity contribution is -0.118. The molecule has 3 N–H and O–H groups in total. The van der Waals surface area contributed by atoms with Crippen molar-refractivity contribution in [3.05, 3.63) is 54.6 Å². The van der Waals surface area contributed by atoms with E-state index in [0.29, 0.717) is 49.9 Å². The third-order valence-electron chi connectivity index (χ3n) is 6.46. The number of nitrogens with one attached hydrogen (secondary N) is 3. The van der Waals surface area contributed by atoms with Gasteiger partial charge in [0.05, 0.1) is 25.0 Å². The average Bonchev–Trinajstić information content (AvgIpc) is 3.36. The zero-order valence-electron chi connectivity index (χ0n) is 24.8. The molecule has 5 rings (SSSR count). The van der Waals surface area contributed by atoms with Crippen molar-refractivity contribution < 1.29 is 33.3 Å². The van der Waals surface area contributed by atoms with Crippen molar-refractivity contribution in [2.45, 2.75) is 45.4 Å². The molecule has 3 aromatic rings. The summed E-state index contributed by atoms with van der Waals surface area (Å²) in [6.45, 7) is 7.37. The molecule has 3 aromatic heterocycles. The summed E-state index contributed by atoms with van der Waals surface area (Å²) >= 11 is 0. The van der Waals surface area contributed by atoms with E-state index in [1.54, 1.807) is 51.5 Å². The highest BCUT2D eigenvalue weighted by molar-refractivity contribution is 5.95. The lowest BCUT2D eigenvalue weighted by Crippen LogP contribution is -2.34. The summed E-state index contributed by atoms with van der Waals surface area (Å²) in [5, 5.41) is 8.66. The van der Waals surface area contributed by atoms with Gasteiger partial charge in [-0.05, 0) is 69.6 Å². The first kappa shape index (κ1) is 30.5. The third kappa shape index (κ3) is 8.31. The Morgan fingerprint density at radius 3 is 2.84 bits per heavy atom. The number of amides is 3. The number of ether oxygens (including phenoxy) is 4. The van der Waals surface area contributed by atoms with Crippen molar-refractivity contribution in [1.29, 1.82) is 0 Å². The highest BCUT2D eigenvalue weighted by atomic mass is 16.6. The van der Waals surface area contributed by atoms with Gasteiger partial charge >= 0.3 is 12.2 Å². The summed E-state index contributed by atoms with van der Waals surface area (Å²) in [4.78, 5) is 50.4. The molecule has 0 radical (unpaired) electrons. The van der Waals surface area contributed by atoms with Crippen LogP contribution in [0, 0.1) is 0 Å². The highest BCUT2D eigenvalue weighted by Gasteiger charge is 2.33. The number of alkyl carbamates (subject to hydrolysis) is 1. The fourth-order valence-electron chi connectivity index (χ4n) is 4.49. The van der Waals surface area contributed by atoms with Crippen LogP contribution in [0.4, 0.5) is 21.2 Å². The second-order valence-corrected chi connectivity index (χ2v) is 11.2. The summed E-state index contributed by atoms with van der Waals surface area (Å²) in [6.07, 6.45) is 4.40. The highest BCUT2D eigenvalue weighted by Crippen LogP contribution is 2.30. The van der Waals surface area contributed by atoms with E-state index >= 15 is 0 Å². The smallest absolute Gasteiger partial charge is 0.415 e. The number of hydrogen-bond acceptors (Lipinski definition) is 11.